The van der Waals surface area contributed by atoms with Gasteiger partial charge in [-0.3, -0.25) is 4.68 Å². The predicted octanol–water partition coefficient (Wildman–Crippen LogP) is 7.22. The highest BCUT2D eigenvalue weighted by molar-refractivity contribution is 5.75. The van der Waals surface area contributed by atoms with Crippen molar-refractivity contribution >= 4 is 5.57 Å². The summed E-state index contributed by atoms with van der Waals surface area (Å²) >= 11 is 0. The van der Waals surface area contributed by atoms with Gasteiger partial charge in [-0.1, -0.05) is 37.3 Å². The van der Waals surface area contributed by atoms with Crippen LogP contribution in [0.2, 0.25) is 0 Å². The van der Waals surface area contributed by atoms with E-state index in [4.69, 9.17) is 19.4 Å². The van der Waals surface area contributed by atoms with Gasteiger partial charge in [-0.05, 0) is 60.8 Å². The molecule has 2 fully saturated rings. The highest BCUT2D eigenvalue weighted by Crippen LogP contribution is 2.48. The maximum atomic E-state index is 13.9. The minimum Gasteiger partial charge on any atom is -0.479 e. The van der Waals surface area contributed by atoms with E-state index in [0.717, 1.165) is 72.5 Å². The number of methoxy groups -OCH3 is 1. The van der Waals surface area contributed by atoms with E-state index in [9.17, 15) is 8.78 Å². The van der Waals surface area contributed by atoms with Crippen molar-refractivity contribution in [3.8, 4) is 23.1 Å². The van der Waals surface area contributed by atoms with Gasteiger partial charge < -0.3 is 9.47 Å². The maximum absolute atomic E-state index is 13.9. The molecule has 39 heavy (non-hydrogen) atoms. The number of hydrogen-bond acceptors (Lipinski definition) is 5. The monoisotopic (exact) mass is 532 g/mol. The lowest BCUT2D eigenvalue weighted by Crippen LogP contribution is -2.10. The Morgan fingerprint density at radius 1 is 1.05 bits per heavy atom. The van der Waals surface area contributed by atoms with Crippen LogP contribution in [0, 0.1) is 5.92 Å². The maximum Gasteiger partial charge on any atom is 0.270 e. The first-order valence-electron chi connectivity index (χ1n) is 13.8. The van der Waals surface area contributed by atoms with Crippen molar-refractivity contribution in [2.45, 2.75) is 70.3 Å². The van der Waals surface area contributed by atoms with Gasteiger partial charge in [0.2, 0.25) is 11.8 Å². The summed E-state index contributed by atoms with van der Waals surface area (Å²) in [6.45, 7) is 3.33. The molecule has 0 N–H and O–H groups in total. The molecule has 0 radical (unpaired) electrons. The molecular weight excluding hydrogens is 498 g/mol. The number of halogens is 2. The summed E-state index contributed by atoms with van der Waals surface area (Å²) in [6.07, 6.45) is 10.5. The average Bonchev–Trinajstić information content (AvgIpc) is 3.86. The fourth-order valence-electron chi connectivity index (χ4n) is 5.46. The quantitative estimate of drug-likeness (QED) is 0.276. The first-order chi connectivity index (χ1) is 18.8. The van der Waals surface area contributed by atoms with Crippen LogP contribution in [0.1, 0.15) is 80.2 Å². The summed E-state index contributed by atoms with van der Waals surface area (Å²) < 4.78 is 41.7. The van der Waals surface area contributed by atoms with Crippen LogP contribution in [0.3, 0.4) is 0 Å². The van der Waals surface area contributed by atoms with E-state index in [2.05, 4.69) is 5.10 Å². The SMILES string of the molecule is CCC1C=C(C(C)(F)F)C=C1c1ccc(COc2nc(-c3c(OC)nn(C)c3C3CC3)ncc2C2CC2)cc1. The largest absolute Gasteiger partial charge is 0.479 e. The van der Waals surface area contributed by atoms with Crippen LogP contribution in [0.25, 0.3) is 17.0 Å². The summed E-state index contributed by atoms with van der Waals surface area (Å²) in [6, 6.07) is 7.99. The number of allylic oxidation sites excluding steroid dienone is 4. The van der Waals surface area contributed by atoms with E-state index >= 15 is 0 Å². The number of benzene rings is 1. The molecule has 2 heterocycles. The average molecular weight is 533 g/mol. The van der Waals surface area contributed by atoms with Crippen LogP contribution >= 0.6 is 0 Å². The van der Waals surface area contributed by atoms with E-state index in [1.165, 1.54) is 0 Å². The molecule has 3 aliphatic rings. The Bertz CT molecular complexity index is 1440. The number of rotatable bonds is 10. The number of hydrogen-bond donors (Lipinski definition) is 0. The van der Waals surface area contributed by atoms with Crippen LogP contribution < -0.4 is 9.47 Å². The number of nitrogens with zero attached hydrogens (tertiary/aromatic N) is 4. The molecule has 0 amide bonds. The molecule has 6 nitrogen and oxygen atoms in total. The molecule has 1 unspecified atom stereocenters. The normalized spacial score (nSPS) is 19.2. The molecule has 1 aromatic carbocycles. The number of aryl methyl sites for hydroxylation is 1. The van der Waals surface area contributed by atoms with Crippen LogP contribution in [-0.2, 0) is 13.7 Å². The molecule has 0 aliphatic heterocycles. The van der Waals surface area contributed by atoms with Crippen molar-refractivity contribution in [2.24, 2.45) is 13.0 Å². The number of aromatic nitrogens is 4. The molecule has 0 spiro atoms. The van der Waals surface area contributed by atoms with E-state index < -0.39 is 5.92 Å². The summed E-state index contributed by atoms with van der Waals surface area (Å²) in [5.41, 5.74) is 5.97. The summed E-state index contributed by atoms with van der Waals surface area (Å²) in [7, 11) is 3.56. The lowest BCUT2D eigenvalue weighted by atomic mass is 9.93. The molecule has 3 aromatic rings. The van der Waals surface area contributed by atoms with Gasteiger partial charge in [0.05, 0.1) is 12.8 Å². The predicted molar refractivity (Wildman–Crippen MR) is 146 cm³/mol. The van der Waals surface area contributed by atoms with Crippen molar-refractivity contribution in [3.05, 3.63) is 70.6 Å². The van der Waals surface area contributed by atoms with Crippen LogP contribution in [0.4, 0.5) is 8.78 Å². The molecule has 2 saturated carbocycles. The van der Waals surface area contributed by atoms with Crippen LogP contribution in [0.5, 0.6) is 11.8 Å². The van der Waals surface area contributed by atoms with Crippen molar-refractivity contribution in [1.29, 1.82) is 0 Å². The standard InChI is InChI=1S/C31H34F2N4O2/c1-5-19-14-23(31(2,32)33)15-24(19)20-8-6-18(7-9-20)17-39-29-25(21-10-11-21)16-34-28(35-29)26-27(22-12-13-22)37(3)36-30(26)38-4/h6-9,14-16,19,21-22H,5,10-13,17H2,1-4H3. The minimum atomic E-state index is -2.84. The molecule has 8 heteroatoms. The number of alkyl halides is 2. The highest BCUT2D eigenvalue weighted by atomic mass is 19.3. The second-order valence-electron chi connectivity index (χ2n) is 11.0. The molecule has 1 atom stereocenters. The zero-order chi connectivity index (χ0) is 27.3. The molecule has 0 bridgehead atoms. The number of ether oxygens (including phenoxy) is 2. The smallest absolute Gasteiger partial charge is 0.270 e. The molecule has 2 aromatic heterocycles. The Hall–Kier alpha value is -3.55. The van der Waals surface area contributed by atoms with Gasteiger partial charge >= 0.3 is 0 Å². The van der Waals surface area contributed by atoms with Crippen LogP contribution in [-0.4, -0.2) is 32.8 Å². The zero-order valence-corrected chi connectivity index (χ0v) is 22.9. The van der Waals surface area contributed by atoms with E-state index in [0.29, 0.717) is 36.0 Å². The Labute approximate surface area is 227 Å². The van der Waals surface area contributed by atoms with Crippen molar-refractivity contribution in [1.82, 2.24) is 19.7 Å². The van der Waals surface area contributed by atoms with Gasteiger partial charge in [0.15, 0.2) is 5.82 Å². The Kier molecular flexibility index (Phi) is 6.52. The third kappa shape index (κ3) is 5.09. The van der Waals surface area contributed by atoms with E-state index in [1.807, 2.05) is 49.1 Å². The van der Waals surface area contributed by atoms with Gasteiger partial charge in [0.25, 0.3) is 5.92 Å². The fourth-order valence-corrected chi connectivity index (χ4v) is 5.46. The highest BCUT2D eigenvalue weighted by Gasteiger charge is 2.35. The second kappa shape index (κ2) is 9.88. The van der Waals surface area contributed by atoms with Gasteiger partial charge in [-0.25, -0.2) is 13.8 Å². The first kappa shape index (κ1) is 25.7. The molecule has 6 rings (SSSR count). The van der Waals surface area contributed by atoms with Gasteiger partial charge in [-0.2, -0.15) is 4.98 Å². The fraction of sp³-hybridized carbons (Fsp3) is 0.452. The van der Waals surface area contributed by atoms with Gasteiger partial charge in [-0.15, -0.1) is 5.10 Å². The molecule has 204 valence electrons. The Morgan fingerprint density at radius 2 is 1.77 bits per heavy atom. The third-order valence-electron chi connectivity index (χ3n) is 7.94. The third-order valence-corrected chi connectivity index (χ3v) is 7.94. The van der Waals surface area contributed by atoms with Crippen molar-refractivity contribution < 1.29 is 18.3 Å². The van der Waals surface area contributed by atoms with Crippen molar-refractivity contribution in [3.63, 3.8) is 0 Å². The zero-order valence-electron chi connectivity index (χ0n) is 22.9. The molecular formula is C31H34F2N4O2. The topological polar surface area (TPSA) is 62.1 Å². The lowest BCUT2D eigenvalue weighted by molar-refractivity contribution is 0.0675. The summed E-state index contributed by atoms with van der Waals surface area (Å²) in [5.74, 6) is -0.252. The van der Waals surface area contributed by atoms with Crippen LogP contribution in [0.15, 0.2) is 48.2 Å². The van der Waals surface area contributed by atoms with E-state index in [1.54, 1.807) is 19.3 Å². The summed E-state index contributed by atoms with van der Waals surface area (Å²) in [4.78, 5) is 9.61. The second-order valence-corrected chi connectivity index (χ2v) is 11.0. The Morgan fingerprint density at radius 3 is 2.38 bits per heavy atom. The Balaban J connectivity index is 1.24. The molecule has 0 saturated heterocycles. The first-order valence-corrected chi connectivity index (χ1v) is 13.8. The lowest BCUT2D eigenvalue weighted by Gasteiger charge is -2.14. The molecule has 3 aliphatic carbocycles. The van der Waals surface area contributed by atoms with Crippen molar-refractivity contribution in [2.75, 3.05) is 7.11 Å². The minimum absolute atomic E-state index is 0.00142. The van der Waals surface area contributed by atoms with E-state index in [-0.39, 0.29) is 11.5 Å². The van der Waals surface area contributed by atoms with Gasteiger partial charge in [0, 0.05) is 43.1 Å². The van der Waals surface area contributed by atoms with Gasteiger partial charge in [0.1, 0.15) is 12.2 Å². The summed E-state index contributed by atoms with van der Waals surface area (Å²) in [5, 5.41) is 4.55.